The maximum Gasteiger partial charge on any atom is 0.137 e. The summed E-state index contributed by atoms with van der Waals surface area (Å²) in [4.78, 5) is 8.11. The fourth-order valence-corrected chi connectivity index (χ4v) is 2.27. The molecule has 4 heterocycles. The van der Waals surface area contributed by atoms with E-state index in [2.05, 4.69) is 9.97 Å². The van der Waals surface area contributed by atoms with Crippen LogP contribution in [0.5, 0.6) is 0 Å². The molecule has 0 fully saturated rings. The molecule has 0 aliphatic heterocycles. The third-order valence-electron chi connectivity index (χ3n) is 3.22. The number of hydrogen-bond donors (Lipinski definition) is 0. The fraction of sp³-hybridized carbons (Fsp3) is 0.125. The number of fused-ring (bicyclic) bond motifs is 2. The van der Waals surface area contributed by atoms with E-state index in [-0.39, 0.29) is 0 Å². The van der Waals surface area contributed by atoms with Crippen LogP contribution < -0.4 is 0 Å². The van der Waals surface area contributed by atoms with Crippen LogP contribution in [0, 0.1) is 0 Å². The topological polar surface area (TPSA) is 61.3 Å². The molecule has 0 atom stereocenters. The summed E-state index contributed by atoms with van der Waals surface area (Å²) in [5, 5.41) is 1.96. The highest BCUT2D eigenvalue weighted by Crippen LogP contribution is 2.21. The number of rotatable bonds is 4. The molecule has 4 aromatic heterocycles. The van der Waals surface area contributed by atoms with E-state index in [1.807, 2.05) is 24.3 Å². The Morgan fingerprint density at radius 3 is 1.81 bits per heavy atom. The second kappa shape index (κ2) is 5.03. The quantitative estimate of drug-likeness (QED) is 0.570. The van der Waals surface area contributed by atoms with Crippen molar-refractivity contribution >= 4 is 21.9 Å². The van der Waals surface area contributed by atoms with E-state index in [1.54, 1.807) is 24.8 Å². The largest absolute Gasteiger partial charge is 0.458 e. The van der Waals surface area contributed by atoms with E-state index in [4.69, 9.17) is 13.6 Å². The number of aromatic nitrogens is 2. The minimum atomic E-state index is 0.393. The van der Waals surface area contributed by atoms with Crippen LogP contribution in [0.1, 0.15) is 11.5 Å². The lowest BCUT2D eigenvalue weighted by molar-refractivity contribution is 0.0823. The van der Waals surface area contributed by atoms with Gasteiger partial charge in [-0.15, -0.1) is 0 Å². The molecule has 0 unspecified atom stereocenters. The van der Waals surface area contributed by atoms with Gasteiger partial charge in [-0.05, 0) is 24.3 Å². The Morgan fingerprint density at radius 2 is 1.33 bits per heavy atom. The number of furan rings is 2. The smallest absolute Gasteiger partial charge is 0.137 e. The molecule has 0 spiro atoms. The van der Waals surface area contributed by atoms with Gasteiger partial charge in [-0.2, -0.15) is 0 Å². The zero-order valence-electron chi connectivity index (χ0n) is 11.2. The van der Waals surface area contributed by atoms with Gasteiger partial charge in [0.2, 0.25) is 0 Å². The molecule has 0 bridgehead atoms. The fourth-order valence-electron chi connectivity index (χ4n) is 2.27. The van der Waals surface area contributed by atoms with Crippen molar-refractivity contribution in [1.82, 2.24) is 9.97 Å². The lowest BCUT2D eigenvalue weighted by atomic mass is 10.3. The summed E-state index contributed by atoms with van der Waals surface area (Å²) in [7, 11) is 0. The second-order valence-electron chi connectivity index (χ2n) is 4.75. The van der Waals surface area contributed by atoms with Crippen LogP contribution in [0.25, 0.3) is 21.9 Å². The van der Waals surface area contributed by atoms with Gasteiger partial charge in [-0.1, -0.05) is 0 Å². The molecule has 0 aliphatic carbocycles. The predicted molar refractivity (Wildman–Crippen MR) is 76.5 cm³/mol. The summed E-state index contributed by atoms with van der Waals surface area (Å²) in [6.07, 6.45) is 6.96. The molecule has 104 valence electrons. The third-order valence-corrected chi connectivity index (χ3v) is 3.22. The molecule has 0 aliphatic rings. The van der Waals surface area contributed by atoms with E-state index < -0.39 is 0 Å². The highest BCUT2D eigenvalue weighted by atomic mass is 16.5. The van der Waals surface area contributed by atoms with Crippen LogP contribution in [-0.4, -0.2) is 9.97 Å². The SMILES string of the molecule is c1cc2oc(COCc3cc4cnccc4o3)cc2cn1. The first kappa shape index (κ1) is 12.1. The van der Waals surface area contributed by atoms with Gasteiger partial charge >= 0.3 is 0 Å². The molecular weight excluding hydrogens is 268 g/mol. The third kappa shape index (κ3) is 2.39. The van der Waals surface area contributed by atoms with E-state index in [0.717, 1.165) is 33.5 Å². The van der Waals surface area contributed by atoms with Crippen molar-refractivity contribution < 1.29 is 13.6 Å². The van der Waals surface area contributed by atoms with E-state index >= 15 is 0 Å². The molecule has 0 saturated heterocycles. The molecule has 0 radical (unpaired) electrons. The van der Waals surface area contributed by atoms with Crippen molar-refractivity contribution in [2.45, 2.75) is 13.2 Å². The number of nitrogens with zero attached hydrogens (tertiary/aromatic N) is 2. The first-order valence-electron chi connectivity index (χ1n) is 6.61. The molecule has 5 heteroatoms. The molecule has 21 heavy (non-hydrogen) atoms. The van der Waals surface area contributed by atoms with Gasteiger partial charge in [0.05, 0.1) is 0 Å². The summed E-state index contributed by atoms with van der Waals surface area (Å²) in [6.45, 7) is 0.786. The van der Waals surface area contributed by atoms with Crippen LogP contribution in [0.15, 0.2) is 57.9 Å². The first-order valence-corrected chi connectivity index (χ1v) is 6.61. The first-order chi connectivity index (χ1) is 10.4. The van der Waals surface area contributed by atoms with Gasteiger partial charge in [0, 0.05) is 35.6 Å². The average molecular weight is 280 g/mol. The Morgan fingerprint density at radius 1 is 0.810 bits per heavy atom. The molecule has 0 aromatic carbocycles. The Kier molecular flexibility index (Phi) is 2.90. The van der Waals surface area contributed by atoms with Crippen molar-refractivity contribution in [1.29, 1.82) is 0 Å². The Bertz CT molecular complexity index is 754. The number of pyridine rings is 2. The van der Waals surface area contributed by atoms with Crippen LogP contribution in [0.2, 0.25) is 0 Å². The minimum absolute atomic E-state index is 0.393. The maximum absolute atomic E-state index is 5.66. The van der Waals surface area contributed by atoms with E-state index in [0.29, 0.717) is 13.2 Å². The molecule has 0 amide bonds. The zero-order chi connectivity index (χ0) is 14.1. The highest BCUT2D eigenvalue weighted by molar-refractivity contribution is 5.77. The van der Waals surface area contributed by atoms with Gasteiger partial charge in [-0.3, -0.25) is 9.97 Å². The summed E-state index contributed by atoms with van der Waals surface area (Å²) < 4.78 is 17.0. The van der Waals surface area contributed by atoms with Gasteiger partial charge in [0.15, 0.2) is 0 Å². The van der Waals surface area contributed by atoms with Crippen molar-refractivity contribution in [3.05, 3.63) is 60.6 Å². The van der Waals surface area contributed by atoms with E-state index in [1.165, 1.54) is 0 Å². The predicted octanol–water partition coefficient (Wildman–Crippen LogP) is 3.69. The minimum Gasteiger partial charge on any atom is -0.458 e. The Balaban J connectivity index is 1.44. The molecule has 4 rings (SSSR count). The van der Waals surface area contributed by atoms with Crippen molar-refractivity contribution in [3.63, 3.8) is 0 Å². The molecule has 0 N–H and O–H groups in total. The summed E-state index contributed by atoms with van der Waals surface area (Å²) >= 11 is 0. The highest BCUT2D eigenvalue weighted by Gasteiger charge is 2.06. The van der Waals surface area contributed by atoms with Crippen molar-refractivity contribution in [3.8, 4) is 0 Å². The number of hydrogen-bond acceptors (Lipinski definition) is 5. The second-order valence-corrected chi connectivity index (χ2v) is 4.75. The summed E-state index contributed by atoms with van der Waals surface area (Å²) in [6, 6.07) is 7.55. The number of ether oxygens (including phenoxy) is 1. The molecule has 5 nitrogen and oxygen atoms in total. The van der Waals surface area contributed by atoms with Crippen molar-refractivity contribution in [2.24, 2.45) is 0 Å². The molecule has 4 aromatic rings. The monoisotopic (exact) mass is 280 g/mol. The van der Waals surface area contributed by atoms with Crippen LogP contribution in [0.3, 0.4) is 0 Å². The lowest BCUT2D eigenvalue weighted by Crippen LogP contribution is -1.90. The Hall–Kier alpha value is -2.66. The normalized spacial score (nSPS) is 11.4. The van der Waals surface area contributed by atoms with Crippen LogP contribution in [0.4, 0.5) is 0 Å². The van der Waals surface area contributed by atoms with Crippen LogP contribution in [-0.2, 0) is 18.0 Å². The zero-order valence-corrected chi connectivity index (χ0v) is 11.2. The summed E-state index contributed by atoms with van der Waals surface area (Å²) in [5.74, 6) is 1.55. The maximum atomic E-state index is 5.66. The Labute approximate surface area is 120 Å². The van der Waals surface area contributed by atoms with Crippen LogP contribution >= 0.6 is 0 Å². The van der Waals surface area contributed by atoms with E-state index in [9.17, 15) is 0 Å². The average Bonchev–Trinajstić information content (AvgIpc) is 3.09. The van der Waals surface area contributed by atoms with Crippen molar-refractivity contribution in [2.75, 3.05) is 0 Å². The van der Waals surface area contributed by atoms with Gasteiger partial charge in [-0.25, -0.2) is 0 Å². The molecule has 0 saturated carbocycles. The standard InChI is InChI=1S/C16H12N2O3/c1-3-17-7-11-5-13(20-15(1)11)9-19-10-14-6-12-8-18-4-2-16(12)21-14/h1-8H,9-10H2. The molecular formula is C16H12N2O3. The van der Waals surface area contributed by atoms with Gasteiger partial charge in [0.25, 0.3) is 0 Å². The van der Waals surface area contributed by atoms with Gasteiger partial charge in [0.1, 0.15) is 35.9 Å². The summed E-state index contributed by atoms with van der Waals surface area (Å²) in [5.41, 5.74) is 1.64. The van der Waals surface area contributed by atoms with Gasteiger partial charge < -0.3 is 13.6 Å². The lowest BCUT2D eigenvalue weighted by Gasteiger charge is -1.98.